The summed E-state index contributed by atoms with van der Waals surface area (Å²) in [6.07, 6.45) is 1.38. The van der Waals surface area contributed by atoms with Crippen LogP contribution >= 0.6 is 0 Å². The Morgan fingerprint density at radius 2 is 2.40 bits per heavy atom. The van der Waals surface area contributed by atoms with E-state index < -0.39 is 0 Å². The summed E-state index contributed by atoms with van der Waals surface area (Å²) in [4.78, 5) is 3.38. The molecule has 0 aromatic rings. The molecule has 26 valence electrons. The largest absolute Gasteiger partial charge is 0.215 e. The van der Waals surface area contributed by atoms with Crippen molar-refractivity contribution in [3.63, 3.8) is 0 Å². The zero-order valence-electron chi connectivity index (χ0n) is 2.94. The Balaban J connectivity index is 3.31. The first-order chi connectivity index (χ1) is 2.41. The molecule has 0 heterocycles. The average Bonchev–Trinajstić information content (AvgIpc) is 1.41. The van der Waals surface area contributed by atoms with Crippen molar-refractivity contribution in [1.29, 1.82) is 0 Å². The lowest BCUT2D eigenvalue weighted by molar-refractivity contribution is 1.64. The Labute approximate surface area is 31.4 Å². The highest BCUT2D eigenvalue weighted by Crippen LogP contribution is 1.53. The maximum absolute atomic E-state index is 3.38. The molecule has 0 atom stereocenters. The van der Waals surface area contributed by atoms with Crippen molar-refractivity contribution in [2.24, 2.45) is 4.99 Å². The van der Waals surface area contributed by atoms with Gasteiger partial charge in [-0.25, -0.2) is 4.99 Å². The second kappa shape index (κ2) is 3.19. The monoisotopic (exact) mass is 67.0 g/mol. The second-order valence-electron chi connectivity index (χ2n) is 0.470. The van der Waals surface area contributed by atoms with E-state index in [-0.39, 0.29) is 0 Å². The Morgan fingerprint density at radius 1 is 1.80 bits per heavy atom. The lowest BCUT2D eigenvalue weighted by Crippen LogP contribution is -1.35. The molecule has 0 saturated heterocycles. The van der Waals surface area contributed by atoms with Crippen molar-refractivity contribution >= 4 is 5.87 Å². The van der Waals surface area contributed by atoms with Crippen LogP contribution < -0.4 is 0 Å². The van der Waals surface area contributed by atoms with Crippen LogP contribution in [0, 0.1) is 0 Å². The number of hydrogen-bond donors (Lipinski definition) is 0. The summed E-state index contributed by atoms with van der Waals surface area (Å²) in [6.45, 7) is 6.47. The molecule has 0 fully saturated rings. The summed E-state index contributed by atoms with van der Waals surface area (Å²) in [7, 11) is 0. The minimum Gasteiger partial charge on any atom is -0.215 e. The fraction of sp³-hybridized carbons (Fsp3) is 0. The third kappa shape index (κ3) is 3.19. The maximum atomic E-state index is 3.38. The average molecular weight is 67.1 g/mol. The number of hydrogen-bond acceptors (Lipinski definition) is 1. The quantitative estimate of drug-likeness (QED) is 0.405. The van der Waals surface area contributed by atoms with Crippen LogP contribution in [-0.2, 0) is 0 Å². The number of aliphatic imine (C=N–C) groups is 1. The van der Waals surface area contributed by atoms with Crippen molar-refractivity contribution in [2.45, 2.75) is 0 Å². The van der Waals surface area contributed by atoms with Gasteiger partial charge in [-0.15, -0.1) is 0 Å². The maximum Gasteiger partial charge on any atom is 0.0296 e. The van der Waals surface area contributed by atoms with E-state index in [9.17, 15) is 0 Å². The highest BCUT2D eigenvalue weighted by molar-refractivity contribution is 5.47. The molecule has 1 nitrogen and oxygen atoms in total. The minimum atomic E-state index is 1.38. The smallest absolute Gasteiger partial charge is 0.0296 e. The fourth-order valence-electron chi connectivity index (χ4n) is 0.0645. The number of nitrogens with zero attached hydrogens (tertiary/aromatic N) is 1. The highest BCUT2D eigenvalue weighted by Gasteiger charge is 1.34. The Bertz CT molecular complexity index is 67.7. The van der Waals surface area contributed by atoms with Crippen molar-refractivity contribution in [3.05, 3.63) is 19.4 Å². The Morgan fingerprint density at radius 3 is 2.40 bits per heavy atom. The predicted octanol–water partition coefficient (Wildman–Crippen LogP) is 0.986. The van der Waals surface area contributed by atoms with Crippen LogP contribution in [0.3, 0.4) is 0 Å². The molecule has 0 aliphatic carbocycles. The Kier molecular flexibility index (Phi) is 2.67. The van der Waals surface area contributed by atoms with Gasteiger partial charge in [0.05, 0.1) is 0 Å². The van der Waals surface area contributed by atoms with Crippen LogP contribution in [0.4, 0.5) is 0 Å². The van der Waals surface area contributed by atoms with Gasteiger partial charge in [-0.2, -0.15) is 0 Å². The molecule has 1 heteroatoms. The van der Waals surface area contributed by atoms with Crippen LogP contribution in [0.5, 0.6) is 0 Å². The molecule has 0 N–H and O–H groups in total. The molecular formula is C4H5N. The molecule has 0 aromatic heterocycles. The molecular weight excluding hydrogens is 62.1 g/mol. The first-order valence-electron chi connectivity index (χ1n) is 1.24. The summed E-state index contributed by atoms with van der Waals surface area (Å²) >= 11 is 0. The predicted molar refractivity (Wildman–Crippen MR) is 23.3 cm³/mol. The van der Waals surface area contributed by atoms with Crippen LogP contribution in [0.25, 0.3) is 0 Å². The van der Waals surface area contributed by atoms with Crippen LogP contribution in [0.1, 0.15) is 0 Å². The molecule has 0 aliphatic heterocycles. The van der Waals surface area contributed by atoms with Crippen LogP contribution in [-0.4, -0.2) is 5.87 Å². The Hall–Kier alpha value is -0.810. The molecule has 0 radical (unpaired) electrons. The summed E-state index contributed by atoms with van der Waals surface area (Å²) in [6, 6.07) is 0. The normalized spacial score (nSPS) is 4.80. The lowest BCUT2D eigenvalue weighted by atomic mass is 11.0. The molecule has 0 saturated carbocycles. The van der Waals surface area contributed by atoms with Gasteiger partial charge in [0, 0.05) is 6.20 Å². The second-order valence-corrected chi connectivity index (χ2v) is 0.470. The minimum absolute atomic E-state index is 1.38. The van der Waals surface area contributed by atoms with Gasteiger partial charge in [0.2, 0.25) is 0 Å². The molecule has 0 unspecified atom stereocenters. The van der Waals surface area contributed by atoms with E-state index in [0.717, 1.165) is 0 Å². The summed E-state index contributed by atoms with van der Waals surface area (Å²) in [5, 5.41) is 0. The van der Waals surface area contributed by atoms with E-state index in [2.05, 4.69) is 24.0 Å². The highest BCUT2D eigenvalue weighted by atomic mass is 14.6. The van der Waals surface area contributed by atoms with Crippen molar-refractivity contribution < 1.29 is 0 Å². The summed E-state index contributed by atoms with van der Waals surface area (Å²) in [5.41, 5.74) is 0. The zero-order valence-corrected chi connectivity index (χ0v) is 2.94. The van der Waals surface area contributed by atoms with E-state index in [4.69, 9.17) is 0 Å². The van der Waals surface area contributed by atoms with Crippen molar-refractivity contribution in [3.8, 4) is 0 Å². The molecule has 0 bridgehead atoms. The van der Waals surface area contributed by atoms with E-state index in [0.29, 0.717) is 0 Å². The van der Waals surface area contributed by atoms with Crippen molar-refractivity contribution in [1.82, 2.24) is 0 Å². The SMILES string of the molecule is C=C=NC=C. The van der Waals surface area contributed by atoms with Gasteiger partial charge in [-0.05, 0) is 12.4 Å². The standard InChI is InChI=1S/C4H5N/c1-3-5-4-2/h3H,1-2H2. The first-order valence-corrected chi connectivity index (χ1v) is 1.24. The fourth-order valence-corrected chi connectivity index (χ4v) is 0.0645. The molecule has 5 heavy (non-hydrogen) atoms. The first kappa shape index (κ1) is 4.19. The van der Waals surface area contributed by atoms with Crippen LogP contribution in [0.2, 0.25) is 0 Å². The van der Waals surface area contributed by atoms with Gasteiger partial charge in [-0.3, -0.25) is 0 Å². The van der Waals surface area contributed by atoms with E-state index in [1.54, 1.807) is 0 Å². The molecule has 0 rings (SSSR count). The topological polar surface area (TPSA) is 12.4 Å². The molecule has 0 spiro atoms. The third-order valence-electron chi connectivity index (χ3n) is 0.183. The lowest BCUT2D eigenvalue weighted by Gasteiger charge is -1.50. The van der Waals surface area contributed by atoms with Gasteiger partial charge in [0.1, 0.15) is 0 Å². The molecule has 0 amide bonds. The summed E-state index contributed by atoms with van der Waals surface area (Å²) in [5.74, 6) is 2.27. The van der Waals surface area contributed by atoms with Gasteiger partial charge in [-0.1, -0.05) is 6.58 Å². The number of rotatable bonds is 1. The van der Waals surface area contributed by atoms with E-state index >= 15 is 0 Å². The van der Waals surface area contributed by atoms with Gasteiger partial charge < -0.3 is 0 Å². The van der Waals surface area contributed by atoms with Gasteiger partial charge >= 0.3 is 0 Å². The van der Waals surface area contributed by atoms with Crippen molar-refractivity contribution in [2.75, 3.05) is 0 Å². The third-order valence-corrected chi connectivity index (χ3v) is 0.183. The van der Waals surface area contributed by atoms with E-state index in [1.807, 2.05) is 0 Å². The van der Waals surface area contributed by atoms with Crippen LogP contribution in [0.15, 0.2) is 24.4 Å². The zero-order chi connectivity index (χ0) is 4.12. The van der Waals surface area contributed by atoms with Gasteiger partial charge in [0.25, 0.3) is 0 Å². The van der Waals surface area contributed by atoms with E-state index in [1.165, 1.54) is 6.20 Å². The van der Waals surface area contributed by atoms with Gasteiger partial charge in [0.15, 0.2) is 0 Å². The molecule has 0 aliphatic rings. The summed E-state index contributed by atoms with van der Waals surface area (Å²) < 4.78 is 0. The molecule has 0 aromatic carbocycles.